The highest BCUT2D eigenvalue weighted by molar-refractivity contribution is 5.96. The van der Waals surface area contributed by atoms with Crippen molar-refractivity contribution in [3.05, 3.63) is 30.4 Å². The molecule has 6 heteroatoms. The van der Waals surface area contributed by atoms with Gasteiger partial charge in [0, 0.05) is 25.1 Å². The van der Waals surface area contributed by atoms with Crippen molar-refractivity contribution in [3.8, 4) is 0 Å². The molecule has 1 atom stereocenters. The second-order valence-electron chi connectivity index (χ2n) is 7.99. The van der Waals surface area contributed by atoms with Crippen LogP contribution < -0.4 is 10.6 Å². The molecule has 3 N–H and O–H groups in total. The van der Waals surface area contributed by atoms with Crippen molar-refractivity contribution in [1.29, 1.82) is 0 Å². The number of nitrogens with one attached hydrogen (secondary N) is 1. The number of allylic oxidation sites excluding steroid dienone is 2. The molecule has 164 valence electrons. The molecule has 0 radical (unpaired) electrons. The van der Waals surface area contributed by atoms with Gasteiger partial charge in [0.25, 0.3) is 0 Å². The lowest BCUT2D eigenvalue weighted by Gasteiger charge is -2.19. The van der Waals surface area contributed by atoms with Crippen LogP contribution in [0.1, 0.15) is 71.1 Å². The number of aromatic amines is 1. The maximum Gasteiger partial charge on any atom is 0.227 e. The first-order valence-corrected chi connectivity index (χ1v) is 11.2. The van der Waals surface area contributed by atoms with Crippen molar-refractivity contribution in [2.75, 3.05) is 17.7 Å². The van der Waals surface area contributed by atoms with Gasteiger partial charge in [-0.2, -0.15) is 0 Å². The number of nitrogen functional groups attached to an aromatic ring is 1. The number of anilines is 2. The Balaban J connectivity index is 1.73. The molecule has 6 nitrogen and oxygen atoms in total. The molecule has 0 saturated carbocycles. The molecule has 0 aliphatic rings. The van der Waals surface area contributed by atoms with Gasteiger partial charge in [0.15, 0.2) is 5.95 Å². The van der Waals surface area contributed by atoms with Crippen LogP contribution in [0.3, 0.4) is 0 Å². The standard InChI is InChI=1S/C24H36N4O2/c1-3-4-5-6-7-8-9-10-11-12-13-19(18-29)16-23(30)28(2)20-14-15-21-22(17-20)27-24(25)26-21/h11-12,14-15,17-19H,3-10,13,16H2,1-2H3,(H3,25,26,27)/b12-11+. The zero-order valence-electron chi connectivity index (χ0n) is 18.4. The van der Waals surface area contributed by atoms with E-state index in [0.717, 1.165) is 29.4 Å². The van der Waals surface area contributed by atoms with Gasteiger partial charge in [-0.1, -0.05) is 57.6 Å². The average molecular weight is 413 g/mol. The van der Waals surface area contributed by atoms with E-state index < -0.39 is 0 Å². The van der Waals surface area contributed by atoms with E-state index in [0.29, 0.717) is 12.4 Å². The minimum Gasteiger partial charge on any atom is -0.369 e. The molecule has 0 bridgehead atoms. The monoisotopic (exact) mass is 412 g/mol. The molecule has 2 aromatic rings. The molecular weight excluding hydrogens is 376 g/mol. The van der Waals surface area contributed by atoms with Crippen LogP contribution in [-0.4, -0.2) is 29.2 Å². The van der Waals surface area contributed by atoms with E-state index in [9.17, 15) is 9.59 Å². The molecule has 1 aromatic heterocycles. The zero-order chi connectivity index (χ0) is 21.8. The lowest BCUT2D eigenvalue weighted by Crippen LogP contribution is -2.28. The van der Waals surface area contributed by atoms with Gasteiger partial charge in [0.2, 0.25) is 5.91 Å². The average Bonchev–Trinajstić information content (AvgIpc) is 3.12. The van der Waals surface area contributed by atoms with Crippen LogP contribution in [0.5, 0.6) is 0 Å². The summed E-state index contributed by atoms with van der Waals surface area (Å²) < 4.78 is 0. The van der Waals surface area contributed by atoms with E-state index in [-0.39, 0.29) is 18.2 Å². The molecule has 0 spiro atoms. The van der Waals surface area contributed by atoms with Crippen LogP contribution in [0.2, 0.25) is 0 Å². The molecule has 30 heavy (non-hydrogen) atoms. The van der Waals surface area contributed by atoms with Crippen LogP contribution in [0, 0.1) is 5.92 Å². The number of amides is 1. The Labute approximate surface area is 179 Å². The van der Waals surface area contributed by atoms with Gasteiger partial charge in [0.05, 0.1) is 11.0 Å². The Morgan fingerprint density at radius 2 is 1.90 bits per heavy atom. The van der Waals surface area contributed by atoms with Gasteiger partial charge in [-0.15, -0.1) is 0 Å². The predicted molar refractivity (Wildman–Crippen MR) is 124 cm³/mol. The summed E-state index contributed by atoms with van der Waals surface area (Å²) in [6.07, 6.45) is 16.0. The molecule has 0 fully saturated rings. The van der Waals surface area contributed by atoms with Gasteiger partial charge in [-0.3, -0.25) is 4.79 Å². The third-order valence-corrected chi connectivity index (χ3v) is 5.45. The molecule has 0 aliphatic heterocycles. The Hall–Kier alpha value is -2.63. The molecule has 2 rings (SSSR count). The Morgan fingerprint density at radius 1 is 1.17 bits per heavy atom. The largest absolute Gasteiger partial charge is 0.369 e. The van der Waals surface area contributed by atoms with Crippen molar-refractivity contribution >= 4 is 34.9 Å². The highest BCUT2D eigenvalue weighted by Gasteiger charge is 2.17. The summed E-state index contributed by atoms with van der Waals surface area (Å²) in [6.45, 7) is 2.24. The number of nitrogens with two attached hydrogens (primary N) is 1. The summed E-state index contributed by atoms with van der Waals surface area (Å²) in [7, 11) is 1.72. The summed E-state index contributed by atoms with van der Waals surface area (Å²) in [4.78, 5) is 32.8. The summed E-state index contributed by atoms with van der Waals surface area (Å²) in [5, 5.41) is 0. The Bertz CT molecular complexity index is 828. The third-order valence-electron chi connectivity index (χ3n) is 5.45. The van der Waals surface area contributed by atoms with Gasteiger partial charge in [-0.25, -0.2) is 4.98 Å². The van der Waals surface area contributed by atoms with Crippen LogP contribution >= 0.6 is 0 Å². The van der Waals surface area contributed by atoms with Crippen molar-refractivity contribution in [1.82, 2.24) is 9.97 Å². The van der Waals surface area contributed by atoms with Crippen LogP contribution in [0.4, 0.5) is 11.6 Å². The van der Waals surface area contributed by atoms with Gasteiger partial charge < -0.3 is 20.4 Å². The summed E-state index contributed by atoms with van der Waals surface area (Å²) in [5.74, 6) is -0.0309. The number of nitrogens with zero attached hydrogens (tertiary/aromatic N) is 2. The number of aldehydes is 1. The quantitative estimate of drug-likeness (QED) is 0.247. The lowest BCUT2D eigenvalue weighted by molar-refractivity contribution is -0.122. The number of unbranched alkanes of at least 4 members (excludes halogenated alkanes) is 7. The van der Waals surface area contributed by atoms with Crippen molar-refractivity contribution in [2.45, 2.75) is 71.1 Å². The first-order valence-electron chi connectivity index (χ1n) is 11.2. The van der Waals surface area contributed by atoms with E-state index in [4.69, 9.17) is 5.73 Å². The molecule has 0 saturated heterocycles. The molecule has 1 unspecified atom stereocenters. The van der Waals surface area contributed by atoms with E-state index >= 15 is 0 Å². The smallest absolute Gasteiger partial charge is 0.227 e. The second-order valence-corrected chi connectivity index (χ2v) is 7.99. The Morgan fingerprint density at radius 3 is 2.63 bits per heavy atom. The number of aromatic nitrogens is 2. The number of hydrogen-bond acceptors (Lipinski definition) is 4. The highest BCUT2D eigenvalue weighted by Crippen LogP contribution is 2.22. The number of hydrogen-bond donors (Lipinski definition) is 2. The number of imidazole rings is 1. The minimum atomic E-state index is -0.295. The fourth-order valence-electron chi connectivity index (χ4n) is 3.53. The van der Waals surface area contributed by atoms with Gasteiger partial charge >= 0.3 is 0 Å². The van der Waals surface area contributed by atoms with Crippen molar-refractivity contribution < 1.29 is 9.59 Å². The normalized spacial score (nSPS) is 12.5. The lowest BCUT2D eigenvalue weighted by atomic mass is 10.0. The van der Waals surface area contributed by atoms with E-state index in [1.54, 1.807) is 11.9 Å². The number of benzene rings is 1. The summed E-state index contributed by atoms with van der Waals surface area (Å²) >= 11 is 0. The van der Waals surface area contributed by atoms with E-state index in [2.05, 4.69) is 23.0 Å². The first kappa shape index (κ1) is 23.6. The van der Waals surface area contributed by atoms with E-state index in [1.165, 1.54) is 44.9 Å². The molecular formula is C24H36N4O2. The highest BCUT2D eigenvalue weighted by atomic mass is 16.2. The number of rotatable bonds is 14. The van der Waals surface area contributed by atoms with Crippen molar-refractivity contribution in [3.63, 3.8) is 0 Å². The van der Waals surface area contributed by atoms with E-state index in [1.807, 2.05) is 24.3 Å². The number of fused-ring (bicyclic) bond motifs is 1. The number of carbonyl (C=O) groups excluding carboxylic acids is 2. The topological polar surface area (TPSA) is 92.1 Å². The maximum absolute atomic E-state index is 12.6. The predicted octanol–water partition coefficient (Wildman–Crippen LogP) is 5.40. The number of H-pyrrole nitrogens is 1. The second kappa shape index (κ2) is 12.8. The molecule has 1 heterocycles. The fourth-order valence-corrected chi connectivity index (χ4v) is 3.53. The molecule has 1 aromatic carbocycles. The summed E-state index contributed by atoms with van der Waals surface area (Å²) in [5.41, 5.74) is 7.96. The van der Waals surface area contributed by atoms with Gasteiger partial charge in [-0.05, 0) is 37.5 Å². The third kappa shape index (κ3) is 7.65. The fraction of sp³-hybridized carbons (Fsp3) is 0.542. The zero-order valence-corrected chi connectivity index (χ0v) is 18.4. The SMILES string of the molecule is CCCCCCCCC/C=C/CC(C=O)CC(=O)N(C)c1ccc2nc(N)[nH]c2c1. The van der Waals surface area contributed by atoms with Gasteiger partial charge in [0.1, 0.15) is 6.29 Å². The minimum absolute atomic E-state index is 0.0839. The summed E-state index contributed by atoms with van der Waals surface area (Å²) in [6, 6.07) is 5.50. The Kier molecular flexibility index (Phi) is 10.1. The van der Waals surface area contributed by atoms with Crippen LogP contribution in [0.15, 0.2) is 30.4 Å². The maximum atomic E-state index is 12.6. The number of carbonyl (C=O) groups is 2. The van der Waals surface area contributed by atoms with Crippen LogP contribution in [0.25, 0.3) is 11.0 Å². The molecule has 1 amide bonds. The first-order chi connectivity index (χ1) is 14.5. The van der Waals surface area contributed by atoms with Crippen LogP contribution in [-0.2, 0) is 9.59 Å². The van der Waals surface area contributed by atoms with Crippen molar-refractivity contribution in [2.24, 2.45) is 5.92 Å². The molecule has 0 aliphatic carbocycles.